The highest BCUT2D eigenvalue weighted by Gasteiger charge is 2.27. The number of carbonyl (C=O) groups excluding carboxylic acids is 1. The minimum atomic E-state index is -0.497. The Kier molecular flexibility index (Phi) is 3.96. The van der Waals surface area contributed by atoms with Gasteiger partial charge in [-0.1, -0.05) is 47.1 Å². The van der Waals surface area contributed by atoms with E-state index in [1.807, 2.05) is 48.5 Å². The molecule has 122 valence electrons. The second-order valence-electron chi connectivity index (χ2n) is 5.45. The van der Waals surface area contributed by atoms with Crippen molar-refractivity contribution in [3.63, 3.8) is 0 Å². The van der Waals surface area contributed by atoms with Gasteiger partial charge in [-0.05, 0) is 42.5 Å². The molecule has 1 aliphatic rings. The van der Waals surface area contributed by atoms with Gasteiger partial charge in [0, 0.05) is 16.1 Å². The van der Waals surface area contributed by atoms with Crippen molar-refractivity contribution in [1.82, 2.24) is 0 Å². The minimum absolute atomic E-state index is 0.364. The molecule has 0 bridgehead atoms. The van der Waals surface area contributed by atoms with Crippen LogP contribution in [0.5, 0.6) is 0 Å². The third kappa shape index (κ3) is 3.12. The van der Waals surface area contributed by atoms with E-state index < -0.39 is 5.97 Å². The zero-order valence-corrected chi connectivity index (χ0v) is 13.7. The first-order chi connectivity index (χ1) is 12.2. The van der Waals surface area contributed by atoms with Gasteiger partial charge in [-0.2, -0.15) is 0 Å². The Hall–Kier alpha value is -3.11. The molecule has 3 aromatic rings. The van der Waals surface area contributed by atoms with Crippen LogP contribution in [0.4, 0.5) is 0 Å². The smallest absolute Gasteiger partial charge is 0.368 e. The molecule has 0 atom stereocenters. The summed E-state index contributed by atoms with van der Waals surface area (Å²) in [5.41, 5.74) is 2.57. The first kappa shape index (κ1) is 15.4. The van der Waals surface area contributed by atoms with Gasteiger partial charge < -0.3 is 9.25 Å². The van der Waals surface area contributed by atoms with E-state index in [0.717, 1.165) is 11.1 Å². The van der Waals surface area contributed by atoms with Crippen LogP contribution in [0.1, 0.15) is 11.3 Å². The van der Waals surface area contributed by atoms with Crippen molar-refractivity contribution in [3.05, 3.63) is 88.6 Å². The maximum atomic E-state index is 12.0. The molecule has 4 nitrogen and oxygen atoms in total. The van der Waals surface area contributed by atoms with Gasteiger partial charge in [0.15, 0.2) is 0 Å². The van der Waals surface area contributed by atoms with E-state index in [9.17, 15) is 4.79 Å². The summed E-state index contributed by atoms with van der Waals surface area (Å²) < 4.78 is 5.82. The number of hydrogen-bond acceptors (Lipinski definition) is 4. The fraction of sp³-hybridized carbons (Fsp3) is 0. The predicted octanol–water partition coefficient (Wildman–Crippen LogP) is 4.94. The number of nitrogens with zero attached hydrogens (tertiary/aromatic N) is 1. The van der Waals surface area contributed by atoms with E-state index >= 15 is 0 Å². The molecule has 1 aliphatic heterocycles. The molecule has 0 fully saturated rings. The average molecular weight is 350 g/mol. The molecule has 0 saturated carbocycles. The van der Waals surface area contributed by atoms with Gasteiger partial charge >= 0.3 is 5.97 Å². The molecule has 0 saturated heterocycles. The zero-order chi connectivity index (χ0) is 17.2. The number of rotatable bonds is 3. The summed E-state index contributed by atoms with van der Waals surface area (Å²) >= 11 is 5.90. The summed E-state index contributed by atoms with van der Waals surface area (Å²) in [7, 11) is 0. The normalized spacial score (nSPS) is 15.3. The van der Waals surface area contributed by atoms with Crippen molar-refractivity contribution in [1.29, 1.82) is 0 Å². The second kappa shape index (κ2) is 6.42. The van der Waals surface area contributed by atoms with Crippen molar-refractivity contribution in [2.45, 2.75) is 0 Å². The SMILES string of the molecule is O=C1ON=C(c2ccccc2)/C1=C/c1ccc(-c2ccc(Cl)cc2)o1. The number of benzene rings is 2. The van der Waals surface area contributed by atoms with E-state index in [2.05, 4.69) is 5.16 Å². The molecule has 5 heteroatoms. The van der Waals surface area contributed by atoms with Crippen LogP contribution >= 0.6 is 11.6 Å². The highest BCUT2D eigenvalue weighted by atomic mass is 35.5. The lowest BCUT2D eigenvalue weighted by Crippen LogP contribution is -2.06. The summed E-state index contributed by atoms with van der Waals surface area (Å²) in [6, 6.07) is 20.4. The summed E-state index contributed by atoms with van der Waals surface area (Å²) in [6.07, 6.45) is 1.64. The van der Waals surface area contributed by atoms with Crippen LogP contribution in [0.2, 0.25) is 5.02 Å². The van der Waals surface area contributed by atoms with Crippen LogP contribution in [0.25, 0.3) is 17.4 Å². The van der Waals surface area contributed by atoms with Gasteiger partial charge in [-0.15, -0.1) is 0 Å². The number of furan rings is 1. The molecule has 25 heavy (non-hydrogen) atoms. The van der Waals surface area contributed by atoms with E-state index in [4.69, 9.17) is 20.9 Å². The lowest BCUT2D eigenvalue weighted by atomic mass is 10.0. The van der Waals surface area contributed by atoms with Crippen LogP contribution < -0.4 is 0 Å². The Bertz CT molecular complexity index is 985. The van der Waals surface area contributed by atoms with E-state index in [0.29, 0.717) is 27.8 Å². The maximum Gasteiger partial charge on any atom is 0.368 e. The summed E-state index contributed by atoms with van der Waals surface area (Å²) in [4.78, 5) is 16.8. The van der Waals surface area contributed by atoms with Crippen LogP contribution in [-0.2, 0) is 9.63 Å². The molecular formula is C20H12ClNO3. The third-order valence-electron chi connectivity index (χ3n) is 3.78. The number of hydrogen-bond donors (Lipinski definition) is 0. The highest BCUT2D eigenvalue weighted by Crippen LogP contribution is 2.26. The fourth-order valence-electron chi connectivity index (χ4n) is 2.56. The predicted molar refractivity (Wildman–Crippen MR) is 96.2 cm³/mol. The topological polar surface area (TPSA) is 51.8 Å². The van der Waals surface area contributed by atoms with Crippen molar-refractivity contribution in [2.75, 3.05) is 0 Å². The minimum Gasteiger partial charge on any atom is -0.457 e. The molecule has 0 aliphatic carbocycles. The van der Waals surface area contributed by atoms with Gasteiger partial charge in [0.25, 0.3) is 0 Å². The number of halogens is 1. The van der Waals surface area contributed by atoms with E-state index in [1.54, 1.807) is 24.3 Å². The Labute approximate surface area is 149 Å². The number of carbonyl (C=O) groups is 1. The molecule has 0 unspecified atom stereocenters. The highest BCUT2D eigenvalue weighted by molar-refractivity contribution is 6.31. The quantitative estimate of drug-likeness (QED) is 0.497. The standard InChI is InChI=1S/C20H12ClNO3/c21-15-8-6-13(7-9-15)18-11-10-16(24-18)12-17-19(22-25-20(17)23)14-4-2-1-3-5-14/h1-12H/b17-12-. The molecule has 0 N–H and O–H groups in total. The third-order valence-corrected chi connectivity index (χ3v) is 4.04. The molecule has 2 aromatic carbocycles. The second-order valence-corrected chi connectivity index (χ2v) is 5.89. The van der Waals surface area contributed by atoms with Crippen molar-refractivity contribution < 1.29 is 14.0 Å². The van der Waals surface area contributed by atoms with Crippen LogP contribution in [0.15, 0.2) is 81.9 Å². The lowest BCUT2D eigenvalue weighted by molar-refractivity contribution is -0.136. The van der Waals surface area contributed by atoms with Gasteiger partial charge in [-0.25, -0.2) is 4.79 Å². The van der Waals surface area contributed by atoms with Gasteiger partial charge in [0.05, 0.1) is 5.57 Å². The summed E-state index contributed by atoms with van der Waals surface area (Å²) in [5, 5.41) is 4.54. The van der Waals surface area contributed by atoms with E-state index in [1.165, 1.54) is 0 Å². The Morgan fingerprint density at radius 2 is 1.64 bits per heavy atom. The van der Waals surface area contributed by atoms with Crippen molar-refractivity contribution in [2.24, 2.45) is 5.16 Å². The molecular weight excluding hydrogens is 338 g/mol. The molecule has 0 radical (unpaired) electrons. The average Bonchev–Trinajstić information content (AvgIpc) is 3.24. The molecule has 2 heterocycles. The van der Waals surface area contributed by atoms with Gasteiger partial charge in [0.2, 0.25) is 0 Å². The lowest BCUT2D eigenvalue weighted by Gasteiger charge is -1.99. The largest absolute Gasteiger partial charge is 0.457 e. The summed E-state index contributed by atoms with van der Waals surface area (Å²) in [5.74, 6) is 0.735. The number of oxime groups is 1. The van der Waals surface area contributed by atoms with Crippen LogP contribution in [0.3, 0.4) is 0 Å². The molecule has 0 amide bonds. The van der Waals surface area contributed by atoms with Crippen molar-refractivity contribution >= 4 is 29.4 Å². The Balaban J connectivity index is 1.67. The first-order valence-electron chi connectivity index (χ1n) is 7.63. The van der Waals surface area contributed by atoms with Crippen LogP contribution in [0, 0.1) is 0 Å². The first-order valence-corrected chi connectivity index (χ1v) is 8.01. The Morgan fingerprint density at radius 3 is 2.40 bits per heavy atom. The molecule has 4 rings (SSSR count). The van der Waals surface area contributed by atoms with E-state index in [-0.39, 0.29) is 0 Å². The molecule has 0 spiro atoms. The summed E-state index contributed by atoms with van der Waals surface area (Å²) in [6.45, 7) is 0. The van der Waals surface area contributed by atoms with Crippen molar-refractivity contribution in [3.8, 4) is 11.3 Å². The zero-order valence-electron chi connectivity index (χ0n) is 13.0. The monoisotopic (exact) mass is 349 g/mol. The fourth-order valence-corrected chi connectivity index (χ4v) is 2.68. The van der Waals surface area contributed by atoms with Gasteiger partial charge in [0.1, 0.15) is 17.2 Å². The maximum absolute atomic E-state index is 12.0. The van der Waals surface area contributed by atoms with Gasteiger partial charge in [-0.3, -0.25) is 0 Å². The Morgan fingerprint density at radius 1 is 0.880 bits per heavy atom. The molecule has 1 aromatic heterocycles. The van der Waals surface area contributed by atoms with Crippen LogP contribution in [-0.4, -0.2) is 11.7 Å².